The first kappa shape index (κ1) is 20.9. The highest BCUT2D eigenvalue weighted by Crippen LogP contribution is 2.44. The SMILES string of the molecule is CC(NC(=O)OCC1c2ccccc2-c2ccccc21)C(=O)N(C)C1(C(=O)O)CCC1. The molecule has 2 aromatic carbocycles. The third-order valence-corrected chi connectivity index (χ3v) is 6.60. The van der Waals surface area contributed by atoms with Crippen LogP contribution in [-0.4, -0.2) is 53.2 Å². The Bertz CT molecular complexity index is 985. The smallest absolute Gasteiger partial charge is 0.407 e. The monoisotopic (exact) mass is 422 g/mol. The summed E-state index contributed by atoms with van der Waals surface area (Å²) in [6.45, 7) is 1.68. The zero-order valence-corrected chi connectivity index (χ0v) is 17.6. The van der Waals surface area contributed by atoms with Crippen LogP contribution in [0.15, 0.2) is 48.5 Å². The van der Waals surface area contributed by atoms with Crippen molar-refractivity contribution in [1.29, 1.82) is 0 Å². The first-order valence-electron chi connectivity index (χ1n) is 10.5. The van der Waals surface area contributed by atoms with Crippen LogP contribution in [0.25, 0.3) is 11.1 Å². The van der Waals surface area contributed by atoms with Crippen LogP contribution < -0.4 is 5.32 Å². The van der Waals surface area contributed by atoms with Crippen LogP contribution in [0.1, 0.15) is 43.2 Å². The summed E-state index contributed by atoms with van der Waals surface area (Å²) >= 11 is 0. The quantitative estimate of drug-likeness (QED) is 0.744. The minimum absolute atomic E-state index is 0.0721. The number of carbonyl (C=O) groups excluding carboxylic acids is 2. The first-order valence-corrected chi connectivity index (χ1v) is 10.5. The lowest BCUT2D eigenvalue weighted by Crippen LogP contribution is -2.62. The lowest BCUT2D eigenvalue weighted by atomic mass is 9.75. The van der Waals surface area contributed by atoms with Gasteiger partial charge in [0.15, 0.2) is 0 Å². The van der Waals surface area contributed by atoms with E-state index in [1.807, 2.05) is 36.4 Å². The average molecular weight is 422 g/mol. The fourth-order valence-electron chi connectivity index (χ4n) is 4.58. The Morgan fingerprint density at radius 3 is 2.13 bits per heavy atom. The number of nitrogens with one attached hydrogen (secondary N) is 1. The molecule has 0 saturated heterocycles. The van der Waals surface area contributed by atoms with E-state index in [9.17, 15) is 19.5 Å². The molecule has 0 bridgehead atoms. The number of aliphatic carboxylic acids is 1. The van der Waals surface area contributed by atoms with Crippen LogP contribution in [0.5, 0.6) is 0 Å². The van der Waals surface area contributed by atoms with Gasteiger partial charge in [0, 0.05) is 13.0 Å². The van der Waals surface area contributed by atoms with Crippen LogP contribution in [0, 0.1) is 0 Å². The molecular formula is C24H26N2O5. The molecule has 7 heteroatoms. The molecule has 0 heterocycles. The number of fused-ring (bicyclic) bond motifs is 3. The van der Waals surface area contributed by atoms with Gasteiger partial charge in [0.2, 0.25) is 5.91 Å². The highest BCUT2D eigenvalue weighted by molar-refractivity contribution is 5.91. The second-order valence-electron chi connectivity index (χ2n) is 8.28. The van der Waals surface area contributed by atoms with Gasteiger partial charge in [-0.1, -0.05) is 48.5 Å². The van der Waals surface area contributed by atoms with Gasteiger partial charge < -0.3 is 20.1 Å². The Morgan fingerprint density at radius 1 is 1.10 bits per heavy atom. The molecule has 2 amide bonds. The van der Waals surface area contributed by atoms with Gasteiger partial charge in [0.1, 0.15) is 18.2 Å². The van der Waals surface area contributed by atoms with Gasteiger partial charge in [-0.3, -0.25) is 4.79 Å². The van der Waals surface area contributed by atoms with E-state index < -0.39 is 29.6 Å². The van der Waals surface area contributed by atoms with Crippen molar-refractivity contribution in [3.05, 3.63) is 59.7 Å². The molecule has 2 aliphatic rings. The molecule has 2 aromatic rings. The Hall–Kier alpha value is -3.35. The van der Waals surface area contributed by atoms with Crippen molar-refractivity contribution in [2.24, 2.45) is 0 Å². The molecule has 7 nitrogen and oxygen atoms in total. The zero-order chi connectivity index (χ0) is 22.2. The second-order valence-corrected chi connectivity index (χ2v) is 8.28. The number of nitrogens with zero attached hydrogens (tertiary/aromatic N) is 1. The van der Waals surface area contributed by atoms with Crippen molar-refractivity contribution in [3.63, 3.8) is 0 Å². The third kappa shape index (κ3) is 3.54. The Morgan fingerprint density at radius 2 is 1.65 bits per heavy atom. The summed E-state index contributed by atoms with van der Waals surface area (Å²) in [5, 5.41) is 12.1. The largest absolute Gasteiger partial charge is 0.479 e. The Labute approximate surface area is 181 Å². The van der Waals surface area contributed by atoms with E-state index in [0.717, 1.165) is 28.7 Å². The number of alkyl carbamates (subject to hydrolysis) is 1. The number of rotatable bonds is 6. The summed E-state index contributed by atoms with van der Waals surface area (Å²) in [6.07, 6.45) is 0.900. The highest BCUT2D eigenvalue weighted by Gasteiger charge is 2.50. The number of carboxylic acids is 1. The molecule has 1 fully saturated rings. The van der Waals surface area contributed by atoms with Crippen molar-refractivity contribution in [2.45, 2.75) is 43.7 Å². The van der Waals surface area contributed by atoms with Gasteiger partial charge in [0.25, 0.3) is 0 Å². The molecule has 162 valence electrons. The zero-order valence-electron chi connectivity index (χ0n) is 17.6. The number of hydrogen-bond donors (Lipinski definition) is 2. The number of carbonyl (C=O) groups is 3. The topological polar surface area (TPSA) is 95.9 Å². The lowest BCUT2D eigenvalue weighted by molar-refractivity contribution is -0.164. The van der Waals surface area contributed by atoms with Crippen molar-refractivity contribution in [2.75, 3.05) is 13.7 Å². The third-order valence-electron chi connectivity index (χ3n) is 6.60. The minimum Gasteiger partial charge on any atom is -0.479 e. The van der Waals surface area contributed by atoms with Crippen LogP contribution in [-0.2, 0) is 14.3 Å². The summed E-state index contributed by atoms with van der Waals surface area (Å²) in [5.41, 5.74) is 3.31. The lowest BCUT2D eigenvalue weighted by Gasteiger charge is -2.45. The van der Waals surface area contributed by atoms with E-state index in [1.165, 1.54) is 18.9 Å². The average Bonchev–Trinajstić information content (AvgIpc) is 3.04. The van der Waals surface area contributed by atoms with Gasteiger partial charge >= 0.3 is 12.1 Å². The van der Waals surface area contributed by atoms with Crippen LogP contribution >= 0.6 is 0 Å². The van der Waals surface area contributed by atoms with Gasteiger partial charge in [0.05, 0.1) is 0 Å². The predicted molar refractivity (Wildman–Crippen MR) is 115 cm³/mol. The van der Waals surface area contributed by atoms with Crippen LogP contribution in [0.2, 0.25) is 0 Å². The number of ether oxygens (including phenoxy) is 1. The van der Waals surface area contributed by atoms with Gasteiger partial charge in [-0.25, -0.2) is 9.59 Å². The molecule has 1 atom stereocenters. The molecule has 0 aliphatic heterocycles. The first-order chi connectivity index (χ1) is 14.8. The van der Waals surface area contributed by atoms with Crippen molar-refractivity contribution in [3.8, 4) is 11.1 Å². The van der Waals surface area contributed by atoms with Gasteiger partial charge in [-0.15, -0.1) is 0 Å². The predicted octanol–water partition coefficient (Wildman–Crippen LogP) is 3.38. The van der Waals surface area contributed by atoms with Gasteiger partial charge in [-0.05, 0) is 48.4 Å². The fourth-order valence-corrected chi connectivity index (χ4v) is 4.58. The number of likely N-dealkylation sites (N-methyl/N-ethyl adjacent to an activating group) is 1. The maximum absolute atomic E-state index is 12.7. The standard InChI is InChI=1S/C24H26N2O5/c1-15(21(27)26(2)24(22(28)29)12-7-13-24)25-23(30)31-14-20-18-10-5-3-8-16(18)17-9-4-6-11-19(17)20/h3-6,8-11,15,20H,7,12-14H2,1-2H3,(H,25,30)(H,28,29). The van der Waals surface area contributed by atoms with Gasteiger partial charge in [-0.2, -0.15) is 0 Å². The van der Waals surface area contributed by atoms with E-state index in [2.05, 4.69) is 17.4 Å². The molecular weight excluding hydrogens is 396 g/mol. The van der Waals surface area contributed by atoms with Crippen molar-refractivity contribution >= 4 is 18.0 Å². The molecule has 0 aromatic heterocycles. The minimum atomic E-state index is -1.17. The fraction of sp³-hybridized carbons (Fsp3) is 0.375. The maximum Gasteiger partial charge on any atom is 0.407 e. The highest BCUT2D eigenvalue weighted by atomic mass is 16.5. The van der Waals surface area contributed by atoms with E-state index in [0.29, 0.717) is 12.8 Å². The van der Waals surface area contributed by atoms with Crippen LogP contribution in [0.4, 0.5) is 4.79 Å². The summed E-state index contributed by atoms with van der Waals surface area (Å²) in [7, 11) is 1.48. The Kier molecular flexibility index (Phi) is 5.43. The normalized spacial score (nSPS) is 17.0. The molecule has 31 heavy (non-hydrogen) atoms. The molecule has 1 saturated carbocycles. The van der Waals surface area contributed by atoms with E-state index in [1.54, 1.807) is 0 Å². The molecule has 0 radical (unpaired) electrons. The molecule has 4 rings (SSSR count). The summed E-state index contributed by atoms with van der Waals surface area (Å²) < 4.78 is 5.48. The second kappa shape index (κ2) is 8.06. The van der Waals surface area contributed by atoms with E-state index in [4.69, 9.17) is 4.74 Å². The van der Waals surface area contributed by atoms with Crippen LogP contribution in [0.3, 0.4) is 0 Å². The maximum atomic E-state index is 12.7. The van der Waals surface area contributed by atoms with E-state index >= 15 is 0 Å². The molecule has 2 aliphatic carbocycles. The number of amides is 2. The molecule has 1 unspecified atom stereocenters. The Balaban J connectivity index is 1.39. The van der Waals surface area contributed by atoms with E-state index in [-0.39, 0.29) is 12.5 Å². The number of carboxylic acid groups (broad SMARTS) is 1. The summed E-state index contributed by atoms with van der Waals surface area (Å²) in [5.74, 6) is -1.53. The van der Waals surface area contributed by atoms with Crippen molar-refractivity contribution in [1.82, 2.24) is 10.2 Å². The molecule has 0 spiro atoms. The van der Waals surface area contributed by atoms with Crippen molar-refractivity contribution < 1.29 is 24.2 Å². The summed E-state index contributed by atoms with van der Waals surface area (Å²) in [4.78, 5) is 38.0. The number of benzene rings is 2. The summed E-state index contributed by atoms with van der Waals surface area (Å²) in [6, 6.07) is 15.2. The number of hydrogen-bond acceptors (Lipinski definition) is 4. The molecule has 2 N–H and O–H groups in total.